The van der Waals surface area contributed by atoms with Gasteiger partial charge in [-0.3, -0.25) is 9.48 Å². The molecular weight excluding hydrogens is 620 g/mol. The molecule has 0 unspecified atom stereocenters. The molecule has 5 aromatic rings. The zero-order valence-corrected chi connectivity index (χ0v) is 23.0. The maximum atomic E-state index is 14.1. The van der Waals surface area contributed by atoms with Crippen molar-refractivity contribution in [3.63, 3.8) is 0 Å². The number of nitrogens with zero attached hydrogens (tertiary/aromatic N) is 6. The van der Waals surface area contributed by atoms with Crippen LogP contribution in [-0.4, -0.2) is 45.3 Å². The molecule has 206 valence electrons. The number of halogens is 5. The molecule has 0 aliphatic rings. The number of aryl methyl sites for hydroxylation is 1. The first-order valence-corrected chi connectivity index (χ1v) is 14.0. The number of rotatable bonds is 5. The smallest absolute Gasteiger partial charge is 0.303 e. The molecule has 0 bridgehead atoms. The van der Waals surface area contributed by atoms with Gasteiger partial charge in [-0.25, -0.2) is 27.8 Å². The highest BCUT2D eigenvalue weighted by Crippen LogP contribution is 2.33. The molecule has 0 spiro atoms. The largest absolute Gasteiger partial charge is 0.451 e. The summed E-state index contributed by atoms with van der Waals surface area (Å²) in [5, 5.41) is 5.80. The van der Waals surface area contributed by atoms with Gasteiger partial charge in [-0.05, 0) is 45.8 Å². The predicted molar refractivity (Wildman–Crippen MR) is 141 cm³/mol. The Morgan fingerprint density at radius 2 is 1.75 bits per heavy atom. The van der Waals surface area contributed by atoms with Gasteiger partial charge >= 0.3 is 6.18 Å². The first-order valence-electron chi connectivity index (χ1n) is 11.3. The molecule has 0 aliphatic carbocycles. The molecule has 3 aromatic heterocycles. The highest BCUT2D eigenvalue weighted by molar-refractivity contribution is 9.10. The first-order chi connectivity index (χ1) is 18.7. The van der Waals surface area contributed by atoms with E-state index >= 15 is 0 Å². The van der Waals surface area contributed by atoms with Crippen molar-refractivity contribution in [1.82, 2.24) is 24.7 Å². The van der Waals surface area contributed by atoms with Gasteiger partial charge in [-0.15, -0.1) is 0 Å². The van der Waals surface area contributed by atoms with E-state index in [1.165, 1.54) is 0 Å². The van der Waals surface area contributed by atoms with Crippen molar-refractivity contribution < 1.29 is 30.8 Å². The number of aromatic nitrogens is 5. The van der Waals surface area contributed by atoms with Crippen molar-refractivity contribution >= 4 is 59.2 Å². The van der Waals surface area contributed by atoms with Crippen LogP contribution in [0.4, 0.5) is 23.2 Å². The minimum Gasteiger partial charge on any atom is -0.303 e. The fraction of sp³-hybridized carbons (Fsp3) is 0.160. The predicted octanol–water partition coefficient (Wildman–Crippen LogP) is 5.08. The molecule has 2 aromatic carbocycles. The van der Waals surface area contributed by atoms with Crippen LogP contribution in [0, 0.1) is 5.82 Å². The highest BCUT2D eigenvalue weighted by atomic mass is 79.9. The molecule has 1 amide bonds. The van der Waals surface area contributed by atoms with Crippen LogP contribution < -0.4 is 4.90 Å². The van der Waals surface area contributed by atoms with E-state index in [1.807, 2.05) is 0 Å². The van der Waals surface area contributed by atoms with E-state index in [2.05, 4.69) is 36.0 Å². The molecule has 5 rings (SSSR count). The van der Waals surface area contributed by atoms with E-state index in [1.54, 1.807) is 36.1 Å². The Balaban J connectivity index is 1.64. The summed E-state index contributed by atoms with van der Waals surface area (Å²) >= 11 is 3.43. The molecule has 0 aliphatic heterocycles. The Morgan fingerprint density at radius 1 is 1.05 bits per heavy atom. The lowest BCUT2D eigenvalue weighted by Crippen LogP contribution is -2.32. The summed E-state index contributed by atoms with van der Waals surface area (Å²) in [7, 11) is -2.27. The lowest BCUT2D eigenvalue weighted by Gasteiger charge is -2.25. The maximum absolute atomic E-state index is 14.1. The standard InChI is InChI=1S/C25H17BrF4N6O3S/c1-35-21-16-5-3-13(7-18(16)34-22(26)17(21)11-33-35)12-36(19-6-4-15(27)8-20(19)40(2,38)39)23(37)14-9-31-24(32-10-14)25(28,29)30/h3-11H,12H2,1-2H3. The highest BCUT2D eigenvalue weighted by Gasteiger charge is 2.35. The van der Waals surface area contributed by atoms with E-state index in [0.717, 1.165) is 45.6 Å². The number of anilines is 1. The summed E-state index contributed by atoms with van der Waals surface area (Å²) in [6, 6.07) is 8.00. The molecule has 0 fully saturated rings. The van der Waals surface area contributed by atoms with Crippen molar-refractivity contribution in [2.24, 2.45) is 7.05 Å². The number of hydrogen-bond donors (Lipinski definition) is 0. The zero-order valence-electron chi connectivity index (χ0n) is 20.6. The summed E-state index contributed by atoms with van der Waals surface area (Å²) in [6.45, 7) is -0.243. The van der Waals surface area contributed by atoms with Crippen molar-refractivity contribution in [3.8, 4) is 0 Å². The second-order valence-corrected chi connectivity index (χ2v) is 11.6. The SMILES string of the molecule is Cn1ncc2c(Br)nc3cc(CN(C(=O)c4cnc(C(F)(F)F)nc4)c4ccc(F)cc4S(C)(=O)=O)ccc3c21. The van der Waals surface area contributed by atoms with E-state index in [4.69, 9.17) is 0 Å². The summed E-state index contributed by atoms with van der Waals surface area (Å²) in [4.78, 5) is 25.2. The van der Waals surface area contributed by atoms with E-state index in [9.17, 15) is 30.8 Å². The molecule has 40 heavy (non-hydrogen) atoms. The molecule has 0 atom stereocenters. The van der Waals surface area contributed by atoms with Crippen LogP contribution in [0.3, 0.4) is 0 Å². The van der Waals surface area contributed by atoms with Gasteiger partial charge in [0.05, 0.1) is 45.3 Å². The number of amides is 1. The second-order valence-electron chi connectivity index (χ2n) is 8.85. The van der Waals surface area contributed by atoms with E-state index in [0.29, 0.717) is 28.1 Å². The number of alkyl halides is 3. The van der Waals surface area contributed by atoms with Crippen molar-refractivity contribution in [3.05, 3.63) is 82.4 Å². The average molecular weight is 637 g/mol. The van der Waals surface area contributed by atoms with Crippen LogP contribution in [0.1, 0.15) is 21.7 Å². The van der Waals surface area contributed by atoms with Gasteiger partial charge < -0.3 is 4.90 Å². The molecule has 15 heteroatoms. The third-order valence-corrected chi connectivity index (χ3v) is 7.78. The van der Waals surface area contributed by atoms with Crippen molar-refractivity contribution in [1.29, 1.82) is 0 Å². The van der Waals surface area contributed by atoms with Gasteiger partial charge in [-0.2, -0.15) is 18.3 Å². The Hall–Kier alpha value is -3.98. The number of fused-ring (bicyclic) bond motifs is 3. The Morgan fingerprint density at radius 3 is 2.40 bits per heavy atom. The Bertz CT molecular complexity index is 1910. The molecule has 0 saturated heterocycles. The number of carbonyl (C=O) groups excluding carboxylic acids is 1. The monoisotopic (exact) mass is 636 g/mol. The van der Waals surface area contributed by atoms with E-state index < -0.39 is 38.5 Å². The lowest BCUT2D eigenvalue weighted by atomic mass is 10.1. The van der Waals surface area contributed by atoms with E-state index in [-0.39, 0.29) is 17.8 Å². The van der Waals surface area contributed by atoms with Crippen molar-refractivity contribution in [2.45, 2.75) is 17.6 Å². The molecule has 0 radical (unpaired) electrons. The minimum absolute atomic E-state index is 0.176. The Labute approximate surface area is 232 Å². The van der Waals surface area contributed by atoms with Crippen LogP contribution in [0.15, 0.2) is 64.5 Å². The number of sulfone groups is 1. The third-order valence-electron chi connectivity index (χ3n) is 6.05. The quantitative estimate of drug-likeness (QED) is 0.195. The van der Waals surface area contributed by atoms with Crippen LogP contribution in [0.5, 0.6) is 0 Å². The summed E-state index contributed by atoms with van der Waals surface area (Å²) in [5.74, 6) is -3.20. The number of carbonyl (C=O) groups is 1. The molecule has 0 saturated carbocycles. The first kappa shape index (κ1) is 27.6. The van der Waals surface area contributed by atoms with Crippen LogP contribution in [-0.2, 0) is 29.6 Å². The fourth-order valence-corrected chi connectivity index (χ4v) is 5.61. The van der Waals surface area contributed by atoms with Gasteiger partial charge in [0.15, 0.2) is 9.84 Å². The summed E-state index contributed by atoms with van der Waals surface area (Å²) in [5.41, 5.74) is 1.32. The van der Waals surface area contributed by atoms with Gasteiger partial charge in [0.1, 0.15) is 10.4 Å². The molecular formula is C25H17BrF4N6O3S. The summed E-state index contributed by atoms with van der Waals surface area (Å²) < 4.78 is 80.3. The number of benzene rings is 2. The third kappa shape index (κ3) is 5.13. The minimum atomic E-state index is -4.83. The van der Waals surface area contributed by atoms with Crippen molar-refractivity contribution in [2.75, 3.05) is 11.2 Å². The molecule has 9 nitrogen and oxygen atoms in total. The van der Waals surface area contributed by atoms with Crippen LogP contribution in [0.25, 0.3) is 21.8 Å². The zero-order chi connectivity index (χ0) is 29.0. The molecule has 0 N–H and O–H groups in total. The molecule has 3 heterocycles. The fourth-order valence-electron chi connectivity index (χ4n) is 4.24. The average Bonchev–Trinajstić information content (AvgIpc) is 3.28. The Kier molecular flexibility index (Phi) is 6.82. The lowest BCUT2D eigenvalue weighted by molar-refractivity contribution is -0.145. The summed E-state index contributed by atoms with van der Waals surface area (Å²) in [6.07, 6.45) is -0.910. The maximum Gasteiger partial charge on any atom is 0.451 e. The van der Waals surface area contributed by atoms with Gasteiger partial charge in [0.25, 0.3) is 5.91 Å². The number of pyridine rings is 1. The topological polar surface area (TPSA) is 111 Å². The van der Waals surface area contributed by atoms with Gasteiger partial charge in [-0.1, -0.05) is 12.1 Å². The second kappa shape index (κ2) is 9.89. The van der Waals surface area contributed by atoms with Gasteiger partial charge in [0.2, 0.25) is 5.82 Å². The number of hydrogen-bond acceptors (Lipinski definition) is 7. The van der Waals surface area contributed by atoms with Crippen LogP contribution in [0.2, 0.25) is 0 Å². The van der Waals surface area contributed by atoms with Gasteiger partial charge in [0, 0.05) is 31.1 Å². The normalized spacial score (nSPS) is 12.3. The van der Waals surface area contributed by atoms with Crippen LogP contribution >= 0.6 is 15.9 Å².